The van der Waals surface area contributed by atoms with Gasteiger partial charge >= 0.3 is 5.97 Å². The van der Waals surface area contributed by atoms with E-state index in [1.165, 1.54) is 49.2 Å². The number of benzene rings is 1. The maximum Gasteiger partial charge on any atom is 0.303 e. The van der Waals surface area contributed by atoms with Crippen molar-refractivity contribution >= 4 is 29.5 Å². The number of carboxylic acid groups (broad SMARTS) is 1. The molecule has 4 heteroatoms. The van der Waals surface area contributed by atoms with Crippen LogP contribution in [0, 0.1) is 5.92 Å². The van der Waals surface area contributed by atoms with Crippen LogP contribution >= 0.6 is 23.5 Å². The highest BCUT2D eigenvalue weighted by atomic mass is 32.2. The van der Waals surface area contributed by atoms with E-state index in [-0.39, 0.29) is 0 Å². The minimum atomic E-state index is -0.666. The molecule has 1 atom stereocenters. The van der Waals surface area contributed by atoms with E-state index in [0.717, 1.165) is 30.9 Å². The highest BCUT2D eigenvalue weighted by Gasteiger charge is 2.15. The number of thioether (sulfide) groups is 2. The molecule has 0 spiro atoms. The van der Waals surface area contributed by atoms with Gasteiger partial charge in [-0.05, 0) is 55.1 Å². The summed E-state index contributed by atoms with van der Waals surface area (Å²) < 4.78 is 0. The van der Waals surface area contributed by atoms with E-state index >= 15 is 0 Å². The average molecular weight is 381 g/mol. The predicted octanol–water partition coefficient (Wildman–Crippen LogP) is 6.25. The van der Waals surface area contributed by atoms with E-state index < -0.39 is 5.97 Å². The highest BCUT2D eigenvalue weighted by Crippen LogP contribution is 2.30. The van der Waals surface area contributed by atoms with Crippen molar-refractivity contribution in [3.8, 4) is 0 Å². The molecule has 0 amide bonds. The SMILES string of the molecule is O=C(O)CCCCC(CCSCC1CCCC1)SCc1ccccc1. The molecule has 1 unspecified atom stereocenters. The number of carbonyl (C=O) groups is 1. The molecule has 0 saturated heterocycles. The summed E-state index contributed by atoms with van der Waals surface area (Å²) in [6, 6.07) is 10.7. The molecule has 0 heterocycles. The molecule has 1 aliphatic carbocycles. The Labute approximate surface area is 161 Å². The quantitative estimate of drug-likeness (QED) is 0.411. The third kappa shape index (κ3) is 9.60. The van der Waals surface area contributed by atoms with Crippen LogP contribution in [0.15, 0.2) is 30.3 Å². The summed E-state index contributed by atoms with van der Waals surface area (Å²) in [6.07, 6.45) is 10.3. The zero-order chi connectivity index (χ0) is 17.7. The summed E-state index contributed by atoms with van der Waals surface area (Å²) in [5.74, 6) is 3.96. The van der Waals surface area contributed by atoms with Gasteiger partial charge in [-0.15, -0.1) is 0 Å². The minimum absolute atomic E-state index is 0.312. The molecular formula is C21H32O2S2. The Morgan fingerprint density at radius 2 is 1.88 bits per heavy atom. The predicted molar refractivity (Wildman–Crippen MR) is 112 cm³/mol. The largest absolute Gasteiger partial charge is 0.481 e. The van der Waals surface area contributed by atoms with Gasteiger partial charge in [-0.2, -0.15) is 23.5 Å². The monoisotopic (exact) mass is 380 g/mol. The normalized spacial score (nSPS) is 16.2. The first-order valence-electron chi connectivity index (χ1n) is 9.69. The van der Waals surface area contributed by atoms with Crippen LogP contribution in [0.1, 0.15) is 63.4 Å². The van der Waals surface area contributed by atoms with Crippen LogP contribution in [-0.2, 0) is 10.5 Å². The Bertz CT molecular complexity index is 472. The van der Waals surface area contributed by atoms with Crippen molar-refractivity contribution in [3.63, 3.8) is 0 Å². The number of rotatable bonds is 13. The Morgan fingerprint density at radius 3 is 2.60 bits per heavy atom. The molecule has 1 aliphatic rings. The number of carboxylic acids is 1. The molecule has 1 aromatic rings. The molecular weight excluding hydrogens is 348 g/mol. The van der Waals surface area contributed by atoms with Crippen molar-refractivity contribution in [3.05, 3.63) is 35.9 Å². The smallest absolute Gasteiger partial charge is 0.303 e. The minimum Gasteiger partial charge on any atom is -0.481 e. The topological polar surface area (TPSA) is 37.3 Å². The maximum absolute atomic E-state index is 10.7. The van der Waals surface area contributed by atoms with Crippen molar-refractivity contribution in [2.45, 2.75) is 68.8 Å². The molecule has 1 saturated carbocycles. The van der Waals surface area contributed by atoms with Gasteiger partial charge in [0.25, 0.3) is 0 Å². The van der Waals surface area contributed by atoms with Crippen molar-refractivity contribution in [2.24, 2.45) is 5.92 Å². The lowest BCUT2D eigenvalue weighted by atomic mass is 10.1. The molecule has 2 rings (SSSR count). The van der Waals surface area contributed by atoms with Crippen molar-refractivity contribution in [2.75, 3.05) is 11.5 Å². The van der Waals surface area contributed by atoms with Gasteiger partial charge in [0, 0.05) is 17.4 Å². The van der Waals surface area contributed by atoms with Gasteiger partial charge in [-0.1, -0.05) is 49.6 Å². The van der Waals surface area contributed by atoms with Crippen LogP contribution in [0.2, 0.25) is 0 Å². The standard InChI is InChI=1S/C21H32O2S2/c22-21(23)13-7-6-12-20(25-17-19-8-2-1-3-9-19)14-15-24-16-18-10-4-5-11-18/h1-3,8-9,18,20H,4-7,10-17H2,(H,22,23). The second-order valence-electron chi connectivity index (χ2n) is 7.07. The third-order valence-electron chi connectivity index (χ3n) is 4.91. The van der Waals surface area contributed by atoms with Crippen LogP contribution < -0.4 is 0 Å². The molecule has 0 radical (unpaired) electrons. The molecule has 0 bridgehead atoms. The first kappa shape index (κ1) is 20.7. The van der Waals surface area contributed by atoms with E-state index in [0.29, 0.717) is 11.7 Å². The summed E-state index contributed by atoms with van der Waals surface area (Å²) in [7, 11) is 0. The number of aliphatic carboxylic acids is 1. The van der Waals surface area contributed by atoms with Gasteiger partial charge in [-0.25, -0.2) is 0 Å². The lowest BCUT2D eigenvalue weighted by Crippen LogP contribution is -2.07. The van der Waals surface area contributed by atoms with Crippen LogP contribution in [0.5, 0.6) is 0 Å². The van der Waals surface area contributed by atoms with Gasteiger partial charge < -0.3 is 5.11 Å². The average Bonchev–Trinajstić information content (AvgIpc) is 3.13. The molecule has 1 N–H and O–H groups in total. The summed E-state index contributed by atoms with van der Waals surface area (Å²) in [5.41, 5.74) is 1.39. The van der Waals surface area contributed by atoms with E-state index in [4.69, 9.17) is 5.11 Å². The van der Waals surface area contributed by atoms with Crippen molar-refractivity contribution in [1.29, 1.82) is 0 Å². The fraction of sp³-hybridized carbons (Fsp3) is 0.667. The van der Waals surface area contributed by atoms with E-state index in [2.05, 4.69) is 53.9 Å². The van der Waals surface area contributed by atoms with E-state index in [1.807, 2.05) is 0 Å². The fourth-order valence-corrected chi connectivity index (χ4v) is 6.06. The van der Waals surface area contributed by atoms with Crippen molar-refractivity contribution in [1.82, 2.24) is 0 Å². The zero-order valence-corrected chi connectivity index (χ0v) is 16.8. The zero-order valence-electron chi connectivity index (χ0n) is 15.2. The van der Waals surface area contributed by atoms with Gasteiger partial charge in [0.1, 0.15) is 0 Å². The van der Waals surface area contributed by atoms with Crippen LogP contribution in [0.3, 0.4) is 0 Å². The van der Waals surface area contributed by atoms with Gasteiger partial charge in [0.2, 0.25) is 0 Å². The summed E-state index contributed by atoms with van der Waals surface area (Å²) in [6.45, 7) is 0. The van der Waals surface area contributed by atoms with Gasteiger partial charge in [0.05, 0.1) is 0 Å². The van der Waals surface area contributed by atoms with Crippen LogP contribution in [0.25, 0.3) is 0 Å². The molecule has 1 fully saturated rings. The van der Waals surface area contributed by atoms with Crippen LogP contribution in [0.4, 0.5) is 0 Å². The first-order chi connectivity index (χ1) is 12.2. The lowest BCUT2D eigenvalue weighted by Gasteiger charge is -2.17. The van der Waals surface area contributed by atoms with Crippen molar-refractivity contribution < 1.29 is 9.90 Å². The van der Waals surface area contributed by atoms with Crippen LogP contribution in [-0.4, -0.2) is 27.8 Å². The lowest BCUT2D eigenvalue weighted by molar-refractivity contribution is -0.137. The first-order valence-corrected chi connectivity index (χ1v) is 11.9. The molecule has 0 aromatic heterocycles. The maximum atomic E-state index is 10.7. The summed E-state index contributed by atoms with van der Waals surface area (Å²) in [4.78, 5) is 10.7. The Balaban J connectivity index is 1.67. The number of unbranched alkanes of at least 4 members (excludes halogenated alkanes) is 1. The Hall–Kier alpha value is -0.610. The molecule has 0 aliphatic heterocycles. The van der Waals surface area contributed by atoms with Gasteiger partial charge in [0.15, 0.2) is 0 Å². The van der Waals surface area contributed by atoms with Gasteiger partial charge in [-0.3, -0.25) is 4.79 Å². The third-order valence-corrected chi connectivity index (χ3v) is 7.58. The Morgan fingerprint density at radius 1 is 1.12 bits per heavy atom. The summed E-state index contributed by atoms with van der Waals surface area (Å²) in [5, 5.41) is 9.46. The molecule has 2 nitrogen and oxygen atoms in total. The number of hydrogen-bond donors (Lipinski definition) is 1. The molecule has 25 heavy (non-hydrogen) atoms. The second kappa shape index (κ2) is 12.7. The second-order valence-corrected chi connectivity index (χ2v) is 9.51. The summed E-state index contributed by atoms with van der Waals surface area (Å²) >= 11 is 4.19. The Kier molecular flexibility index (Phi) is 10.5. The number of hydrogen-bond acceptors (Lipinski definition) is 3. The molecule has 1 aromatic carbocycles. The van der Waals surface area contributed by atoms with E-state index in [1.54, 1.807) is 0 Å². The fourth-order valence-electron chi connectivity index (χ4n) is 3.39. The molecule has 140 valence electrons. The highest BCUT2D eigenvalue weighted by molar-refractivity contribution is 8.00. The van der Waals surface area contributed by atoms with E-state index in [9.17, 15) is 4.79 Å².